The Morgan fingerprint density at radius 1 is 1.43 bits per heavy atom. The molecule has 0 unspecified atom stereocenters. The smallest absolute Gasteiger partial charge is 0.214 e. The maximum absolute atomic E-state index is 4.12. The molecule has 1 aliphatic rings. The molecule has 2 aromatic rings. The second kappa shape index (κ2) is 6.89. The van der Waals surface area contributed by atoms with Crippen molar-refractivity contribution in [2.45, 2.75) is 48.8 Å². The van der Waals surface area contributed by atoms with Crippen molar-refractivity contribution >= 4 is 27.7 Å². The quantitative estimate of drug-likeness (QED) is 0.759. The number of rotatable bonds is 7. The molecular weight excluding hydrogens is 350 g/mol. The number of halogens is 1. The van der Waals surface area contributed by atoms with Gasteiger partial charge in [-0.1, -0.05) is 28.9 Å². The number of hydrogen-bond acceptors (Lipinski definition) is 5. The Balaban J connectivity index is 1.68. The second-order valence-corrected chi connectivity index (χ2v) is 7.06. The van der Waals surface area contributed by atoms with Gasteiger partial charge in [0.2, 0.25) is 5.16 Å². The first-order valence-electron chi connectivity index (χ1n) is 7.22. The van der Waals surface area contributed by atoms with Crippen LogP contribution in [0.4, 0.5) is 0 Å². The Morgan fingerprint density at radius 3 is 3.00 bits per heavy atom. The number of nitrogens with zero attached hydrogens (tertiary/aromatic N) is 4. The van der Waals surface area contributed by atoms with Crippen LogP contribution in [-0.4, -0.2) is 26.8 Å². The standard InChI is InChI=1S/C14H18BrN5S/c1-2-7-16-9-10-3-6-12(8-13(10)15)21-14-17-18-19-20(14)11-4-5-11/h3,6,8,11,16H,2,4-5,7,9H2,1H3. The summed E-state index contributed by atoms with van der Waals surface area (Å²) in [6, 6.07) is 6.92. The molecule has 1 aromatic heterocycles. The molecule has 0 aliphatic heterocycles. The summed E-state index contributed by atoms with van der Waals surface area (Å²) in [6.45, 7) is 4.10. The Bertz CT molecular complexity index is 611. The molecule has 1 fully saturated rings. The molecule has 0 spiro atoms. The summed E-state index contributed by atoms with van der Waals surface area (Å²) in [5, 5.41) is 16.3. The summed E-state index contributed by atoms with van der Waals surface area (Å²) in [5.41, 5.74) is 1.27. The van der Waals surface area contributed by atoms with E-state index in [1.807, 2.05) is 4.68 Å². The van der Waals surface area contributed by atoms with Crippen molar-refractivity contribution in [1.29, 1.82) is 0 Å². The first-order chi connectivity index (χ1) is 10.3. The Morgan fingerprint density at radius 2 is 2.29 bits per heavy atom. The van der Waals surface area contributed by atoms with E-state index in [-0.39, 0.29) is 0 Å². The molecule has 3 rings (SSSR count). The highest BCUT2D eigenvalue weighted by atomic mass is 79.9. The van der Waals surface area contributed by atoms with Crippen molar-refractivity contribution in [3.8, 4) is 0 Å². The van der Waals surface area contributed by atoms with Crippen molar-refractivity contribution in [3.05, 3.63) is 28.2 Å². The zero-order chi connectivity index (χ0) is 14.7. The highest BCUT2D eigenvalue weighted by Crippen LogP contribution is 2.38. The molecule has 1 aliphatic carbocycles. The molecule has 112 valence electrons. The van der Waals surface area contributed by atoms with Crippen LogP contribution < -0.4 is 5.32 Å². The second-order valence-electron chi connectivity index (χ2n) is 5.17. The molecule has 0 saturated heterocycles. The molecule has 7 heteroatoms. The SMILES string of the molecule is CCCNCc1ccc(Sc2nnnn2C2CC2)cc1Br. The third-order valence-electron chi connectivity index (χ3n) is 3.33. The van der Waals surface area contributed by atoms with Gasteiger partial charge in [-0.15, -0.1) is 5.10 Å². The van der Waals surface area contributed by atoms with E-state index in [0.29, 0.717) is 6.04 Å². The average Bonchev–Trinajstić information content (AvgIpc) is 3.22. The molecule has 1 N–H and O–H groups in total. The van der Waals surface area contributed by atoms with Gasteiger partial charge in [-0.25, -0.2) is 4.68 Å². The molecule has 0 radical (unpaired) electrons. The van der Waals surface area contributed by atoms with Crippen LogP contribution in [0.2, 0.25) is 0 Å². The summed E-state index contributed by atoms with van der Waals surface area (Å²) in [5.74, 6) is 0. The van der Waals surface area contributed by atoms with Gasteiger partial charge in [0, 0.05) is 15.9 Å². The zero-order valence-corrected chi connectivity index (χ0v) is 14.3. The Kier molecular flexibility index (Phi) is 4.92. The van der Waals surface area contributed by atoms with E-state index in [2.05, 4.69) is 61.9 Å². The minimum Gasteiger partial charge on any atom is -0.313 e. The Hall–Kier alpha value is -0.920. The molecule has 0 amide bonds. The maximum atomic E-state index is 4.12. The van der Waals surface area contributed by atoms with Crippen molar-refractivity contribution in [2.75, 3.05) is 6.54 Å². The zero-order valence-electron chi connectivity index (χ0n) is 11.9. The van der Waals surface area contributed by atoms with E-state index in [1.165, 1.54) is 18.4 Å². The number of nitrogens with one attached hydrogen (secondary N) is 1. The highest BCUT2D eigenvalue weighted by Gasteiger charge is 2.28. The van der Waals surface area contributed by atoms with E-state index in [9.17, 15) is 0 Å². The fourth-order valence-electron chi connectivity index (χ4n) is 2.04. The third kappa shape index (κ3) is 3.84. The van der Waals surface area contributed by atoms with Crippen LogP contribution in [0.1, 0.15) is 37.8 Å². The van der Waals surface area contributed by atoms with Crippen molar-refractivity contribution in [3.63, 3.8) is 0 Å². The molecule has 5 nitrogen and oxygen atoms in total. The average molecular weight is 368 g/mol. The Labute approximate surface area is 137 Å². The lowest BCUT2D eigenvalue weighted by molar-refractivity contribution is 0.565. The molecule has 0 bridgehead atoms. The van der Waals surface area contributed by atoms with Gasteiger partial charge in [-0.2, -0.15) is 0 Å². The first-order valence-corrected chi connectivity index (χ1v) is 8.83. The molecule has 1 aromatic carbocycles. The van der Waals surface area contributed by atoms with E-state index in [0.717, 1.165) is 34.0 Å². The number of tetrazole rings is 1. The molecule has 0 atom stereocenters. The van der Waals surface area contributed by atoms with Gasteiger partial charge in [0.1, 0.15) is 0 Å². The summed E-state index contributed by atoms with van der Waals surface area (Å²) < 4.78 is 3.07. The predicted molar refractivity (Wildman–Crippen MR) is 86.4 cm³/mol. The fraction of sp³-hybridized carbons (Fsp3) is 0.500. The van der Waals surface area contributed by atoms with Gasteiger partial charge in [-0.05, 0) is 65.7 Å². The van der Waals surface area contributed by atoms with Crippen LogP contribution in [0.25, 0.3) is 0 Å². The minimum absolute atomic E-state index is 0.503. The largest absolute Gasteiger partial charge is 0.313 e. The highest BCUT2D eigenvalue weighted by molar-refractivity contribution is 9.10. The topological polar surface area (TPSA) is 55.6 Å². The number of hydrogen-bond donors (Lipinski definition) is 1. The van der Waals surface area contributed by atoms with Crippen LogP contribution in [0, 0.1) is 0 Å². The molecule has 1 heterocycles. The summed E-state index contributed by atoms with van der Waals surface area (Å²) in [6.07, 6.45) is 3.52. The van der Waals surface area contributed by atoms with Gasteiger partial charge in [0.15, 0.2) is 0 Å². The minimum atomic E-state index is 0.503. The van der Waals surface area contributed by atoms with Gasteiger partial charge in [0.05, 0.1) is 6.04 Å². The summed E-state index contributed by atoms with van der Waals surface area (Å²) in [7, 11) is 0. The van der Waals surface area contributed by atoms with Crippen molar-refractivity contribution in [2.24, 2.45) is 0 Å². The lowest BCUT2D eigenvalue weighted by Gasteiger charge is -2.08. The van der Waals surface area contributed by atoms with Gasteiger partial charge >= 0.3 is 0 Å². The van der Waals surface area contributed by atoms with E-state index in [1.54, 1.807) is 11.8 Å². The van der Waals surface area contributed by atoms with E-state index < -0.39 is 0 Å². The van der Waals surface area contributed by atoms with Crippen molar-refractivity contribution < 1.29 is 0 Å². The summed E-state index contributed by atoms with van der Waals surface area (Å²) >= 11 is 5.27. The number of aromatic nitrogens is 4. The van der Waals surface area contributed by atoms with E-state index in [4.69, 9.17) is 0 Å². The predicted octanol–water partition coefficient (Wildman–Crippen LogP) is 3.42. The van der Waals surface area contributed by atoms with Crippen LogP contribution in [0.3, 0.4) is 0 Å². The molecule has 1 saturated carbocycles. The normalized spacial score (nSPS) is 14.6. The lowest BCUT2D eigenvalue weighted by atomic mass is 10.2. The molecular formula is C14H18BrN5S. The van der Waals surface area contributed by atoms with Crippen LogP contribution in [0.15, 0.2) is 32.7 Å². The van der Waals surface area contributed by atoms with Crippen LogP contribution >= 0.6 is 27.7 Å². The number of benzene rings is 1. The van der Waals surface area contributed by atoms with Crippen LogP contribution in [0.5, 0.6) is 0 Å². The van der Waals surface area contributed by atoms with Gasteiger partial charge in [-0.3, -0.25) is 0 Å². The van der Waals surface area contributed by atoms with E-state index >= 15 is 0 Å². The monoisotopic (exact) mass is 367 g/mol. The van der Waals surface area contributed by atoms with Crippen LogP contribution in [-0.2, 0) is 6.54 Å². The first kappa shape index (κ1) is 15.0. The summed E-state index contributed by atoms with van der Waals surface area (Å²) in [4.78, 5) is 1.15. The van der Waals surface area contributed by atoms with Gasteiger partial charge < -0.3 is 5.32 Å². The third-order valence-corrected chi connectivity index (χ3v) is 5.01. The molecule has 21 heavy (non-hydrogen) atoms. The van der Waals surface area contributed by atoms with Crippen molar-refractivity contribution in [1.82, 2.24) is 25.5 Å². The fourth-order valence-corrected chi connectivity index (χ4v) is 3.59. The maximum Gasteiger partial charge on any atom is 0.214 e. The van der Waals surface area contributed by atoms with Gasteiger partial charge in [0.25, 0.3) is 0 Å². The lowest BCUT2D eigenvalue weighted by Crippen LogP contribution is -2.14.